The van der Waals surface area contributed by atoms with Crippen LogP contribution in [0.2, 0.25) is 0 Å². The number of nitrogens with one attached hydrogen (secondary N) is 1. The summed E-state index contributed by atoms with van der Waals surface area (Å²) >= 11 is 0. The third kappa shape index (κ3) is 3.78. The number of cyclic esters (lactones) is 1. The molecule has 3 saturated heterocycles. The molecule has 4 aliphatic rings. The van der Waals surface area contributed by atoms with Crippen LogP contribution in [0, 0.1) is 11.3 Å². The van der Waals surface area contributed by atoms with E-state index in [0.29, 0.717) is 37.7 Å². The number of hydrogen-bond donors (Lipinski definition) is 1. The van der Waals surface area contributed by atoms with Crippen LogP contribution in [0.15, 0.2) is 12.4 Å². The highest BCUT2D eigenvalue weighted by atomic mass is 19.4. The van der Waals surface area contributed by atoms with Crippen molar-refractivity contribution < 1.29 is 27.5 Å². The van der Waals surface area contributed by atoms with E-state index in [2.05, 4.69) is 15.3 Å². The van der Waals surface area contributed by atoms with Crippen LogP contribution in [0.3, 0.4) is 0 Å². The van der Waals surface area contributed by atoms with Gasteiger partial charge in [-0.3, -0.25) is 4.98 Å². The summed E-state index contributed by atoms with van der Waals surface area (Å²) in [4.78, 5) is 34.9. The van der Waals surface area contributed by atoms with Gasteiger partial charge >= 0.3 is 18.3 Å². The predicted molar refractivity (Wildman–Crippen MR) is 101 cm³/mol. The number of likely N-dealkylation sites (tertiary alicyclic amines) is 2. The van der Waals surface area contributed by atoms with Crippen molar-refractivity contribution >= 4 is 12.1 Å². The van der Waals surface area contributed by atoms with Gasteiger partial charge in [-0.1, -0.05) is 0 Å². The third-order valence-electron chi connectivity index (χ3n) is 7.09. The fourth-order valence-electron chi connectivity index (χ4n) is 5.29. The fourth-order valence-corrected chi connectivity index (χ4v) is 5.29. The number of alkyl halides is 3. The number of carbonyl (C=O) groups excluding carboxylic acids is 2. The molecule has 0 aromatic carbocycles. The highest BCUT2D eigenvalue weighted by molar-refractivity contribution is 5.78. The van der Waals surface area contributed by atoms with Crippen LogP contribution in [0.1, 0.15) is 37.1 Å². The predicted octanol–water partition coefficient (Wildman–Crippen LogP) is 2.44. The molecule has 3 aliphatic heterocycles. The normalized spacial score (nSPS) is 24.5. The van der Waals surface area contributed by atoms with Crippen LogP contribution in [0.5, 0.6) is 0 Å². The van der Waals surface area contributed by atoms with Gasteiger partial charge in [0.25, 0.3) is 0 Å². The molecule has 0 unspecified atom stereocenters. The Morgan fingerprint density at radius 2 is 1.81 bits per heavy atom. The second kappa shape index (κ2) is 6.96. The summed E-state index contributed by atoms with van der Waals surface area (Å²) in [6.07, 6.45) is 1.73. The Hall–Kier alpha value is -2.59. The molecule has 1 aromatic rings. The van der Waals surface area contributed by atoms with E-state index in [1.807, 2.05) is 4.90 Å². The lowest BCUT2D eigenvalue weighted by molar-refractivity contribution is -0.141. The van der Waals surface area contributed by atoms with Crippen molar-refractivity contribution in [1.29, 1.82) is 0 Å². The summed E-state index contributed by atoms with van der Waals surface area (Å²) in [6, 6.07) is 0.0135. The molecule has 168 valence electrons. The zero-order valence-electron chi connectivity index (χ0n) is 17.0. The number of hydrogen-bond acceptors (Lipinski definition) is 5. The Morgan fingerprint density at radius 1 is 1.13 bits per heavy atom. The first-order valence-corrected chi connectivity index (χ1v) is 10.5. The molecule has 11 heteroatoms. The minimum Gasteiger partial charge on any atom is -0.447 e. The summed E-state index contributed by atoms with van der Waals surface area (Å²) in [6.45, 7) is 2.76. The average Bonchev–Trinajstić information content (AvgIpc) is 3.07. The molecule has 2 spiro atoms. The van der Waals surface area contributed by atoms with Crippen molar-refractivity contribution in [3.8, 4) is 0 Å². The van der Waals surface area contributed by atoms with Crippen molar-refractivity contribution in [3.05, 3.63) is 23.8 Å². The Morgan fingerprint density at radius 3 is 2.35 bits per heavy atom. The summed E-state index contributed by atoms with van der Waals surface area (Å²) < 4.78 is 42.8. The van der Waals surface area contributed by atoms with Gasteiger partial charge in [0.15, 0.2) is 5.69 Å². The Balaban J connectivity index is 1.06. The van der Waals surface area contributed by atoms with Gasteiger partial charge in [0.1, 0.15) is 12.1 Å². The maximum atomic E-state index is 12.7. The number of carbonyl (C=O) groups is 2. The Kier molecular flexibility index (Phi) is 4.56. The molecule has 1 saturated carbocycles. The van der Waals surface area contributed by atoms with Gasteiger partial charge in [-0.2, -0.15) is 13.2 Å². The molecule has 5 rings (SSSR count). The van der Waals surface area contributed by atoms with Crippen LogP contribution in [0.4, 0.5) is 22.8 Å². The summed E-state index contributed by atoms with van der Waals surface area (Å²) in [7, 11) is 0. The van der Waals surface area contributed by atoms with Crippen molar-refractivity contribution in [2.45, 2.75) is 43.8 Å². The zero-order valence-corrected chi connectivity index (χ0v) is 17.0. The lowest BCUT2D eigenvalue weighted by Gasteiger charge is -2.56. The zero-order chi connectivity index (χ0) is 21.9. The van der Waals surface area contributed by atoms with Crippen LogP contribution in [-0.4, -0.2) is 70.2 Å². The standard InChI is InChI=1S/C20H24F3N5O3/c21-20(22,23)15-7-24-14(6-25-15)5-13-1-3-18(4-2-13)8-27(9-18)17(30)28-10-19(11-28)12-31-16(29)26-19/h6-7,13H,1-5,8-12H2,(H,26,29). The van der Waals surface area contributed by atoms with E-state index in [0.717, 1.165) is 45.0 Å². The molecule has 0 radical (unpaired) electrons. The number of rotatable bonds is 2. The first-order valence-electron chi connectivity index (χ1n) is 10.5. The molecule has 1 aliphatic carbocycles. The van der Waals surface area contributed by atoms with Gasteiger partial charge in [0.05, 0.1) is 25.0 Å². The Labute approximate surface area is 177 Å². The van der Waals surface area contributed by atoms with Crippen molar-refractivity contribution in [2.75, 3.05) is 32.8 Å². The number of amides is 3. The largest absolute Gasteiger partial charge is 0.447 e. The highest BCUT2D eigenvalue weighted by Crippen LogP contribution is 2.47. The van der Waals surface area contributed by atoms with Crippen molar-refractivity contribution in [2.24, 2.45) is 11.3 Å². The minimum absolute atomic E-state index is 0.0135. The second-order valence-corrected chi connectivity index (χ2v) is 9.51. The van der Waals surface area contributed by atoms with Crippen molar-refractivity contribution in [3.63, 3.8) is 0 Å². The first-order chi connectivity index (χ1) is 14.7. The third-order valence-corrected chi connectivity index (χ3v) is 7.09. The first kappa shape index (κ1) is 20.3. The monoisotopic (exact) mass is 439 g/mol. The number of ether oxygens (including phenoxy) is 1. The quantitative estimate of drug-likeness (QED) is 0.765. The number of halogens is 3. The van der Waals surface area contributed by atoms with Crippen LogP contribution in [-0.2, 0) is 17.3 Å². The van der Waals surface area contributed by atoms with E-state index >= 15 is 0 Å². The fraction of sp³-hybridized carbons (Fsp3) is 0.700. The van der Waals surface area contributed by atoms with Gasteiger partial charge in [0.2, 0.25) is 0 Å². The topological polar surface area (TPSA) is 87.7 Å². The van der Waals surface area contributed by atoms with Gasteiger partial charge < -0.3 is 19.9 Å². The SMILES string of the molecule is O=C1NC2(CO1)CN(C(=O)N1CC3(CCC(Cc4cnc(C(F)(F)F)cn4)CC3)C1)C2. The number of alkyl carbamates (subject to hydrolysis) is 1. The van der Waals surface area contributed by atoms with Crippen molar-refractivity contribution in [1.82, 2.24) is 25.1 Å². The molecule has 3 amide bonds. The van der Waals surface area contributed by atoms with E-state index in [1.54, 1.807) is 4.90 Å². The summed E-state index contributed by atoms with van der Waals surface area (Å²) in [5.74, 6) is 0.377. The molecule has 0 atom stereocenters. The highest BCUT2D eigenvalue weighted by Gasteiger charge is 2.54. The van der Waals surface area contributed by atoms with E-state index in [-0.39, 0.29) is 11.4 Å². The maximum absolute atomic E-state index is 12.7. The lowest BCUT2D eigenvalue weighted by atomic mass is 9.65. The molecule has 4 fully saturated rings. The molecular weight excluding hydrogens is 415 g/mol. The van der Waals surface area contributed by atoms with Gasteiger partial charge in [0, 0.05) is 24.7 Å². The molecule has 1 aromatic heterocycles. The smallest absolute Gasteiger partial charge is 0.434 e. The molecule has 4 heterocycles. The number of aromatic nitrogens is 2. The average molecular weight is 439 g/mol. The maximum Gasteiger partial charge on any atom is 0.434 e. The molecule has 31 heavy (non-hydrogen) atoms. The molecule has 8 nitrogen and oxygen atoms in total. The minimum atomic E-state index is -4.47. The van der Waals surface area contributed by atoms with Gasteiger partial charge in [-0.25, -0.2) is 14.6 Å². The van der Waals surface area contributed by atoms with E-state index in [4.69, 9.17) is 4.74 Å². The summed E-state index contributed by atoms with van der Waals surface area (Å²) in [5, 5.41) is 2.78. The van der Waals surface area contributed by atoms with Crippen LogP contribution < -0.4 is 5.32 Å². The van der Waals surface area contributed by atoms with Crippen LogP contribution >= 0.6 is 0 Å². The Bertz CT molecular complexity index is 869. The number of nitrogens with zero attached hydrogens (tertiary/aromatic N) is 4. The second-order valence-electron chi connectivity index (χ2n) is 9.51. The van der Waals surface area contributed by atoms with E-state index < -0.39 is 23.5 Å². The van der Waals surface area contributed by atoms with E-state index in [1.165, 1.54) is 6.20 Å². The van der Waals surface area contributed by atoms with Gasteiger partial charge in [-0.15, -0.1) is 0 Å². The lowest BCUT2D eigenvalue weighted by Crippen LogP contribution is -2.73. The number of urea groups is 1. The molecule has 1 N–H and O–H groups in total. The summed E-state index contributed by atoms with van der Waals surface area (Å²) in [5.41, 5.74) is -0.622. The van der Waals surface area contributed by atoms with Crippen LogP contribution in [0.25, 0.3) is 0 Å². The van der Waals surface area contributed by atoms with Gasteiger partial charge in [-0.05, 0) is 38.0 Å². The van der Waals surface area contributed by atoms with E-state index in [9.17, 15) is 22.8 Å². The molecular formula is C20H24F3N5O3. The molecule has 0 bridgehead atoms.